The Labute approximate surface area is 104 Å². The number of aromatic nitrogens is 1. The molecule has 1 atom stereocenters. The fraction of sp³-hybridized carbons (Fsp3) is 0.545. The van der Waals surface area contributed by atoms with Gasteiger partial charge in [-0.05, 0) is 13.3 Å². The highest BCUT2D eigenvalue weighted by Crippen LogP contribution is 2.24. The summed E-state index contributed by atoms with van der Waals surface area (Å²) in [5.74, 6) is -1.28. The molecule has 0 aliphatic rings. The van der Waals surface area contributed by atoms with E-state index in [9.17, 15) is 14.7 Å². The molecule has 1 N–H and O–H groups in total. The summed E-state index contributed by atoms with van der Waals surface area (Å²) in [7, 11) is 0. The van der Waals surface area contributed by atoms with Crippen LogP contribution in [0.5, 0.6) is 0 Å². The summed E-state index contributed by atoms with van der Waals surface area (Å²) >= 11 is 1.27. The minimum Gasteiger partial charge on any atom is -0.479 e. The molecule has 0 aliphatic heterocycles. The predicted octanol–water partition coefficient (Wildman–Crippen LogP) is 1.84. The monoisotopic (exact) mass is 256 g/mol. The number of carboxylic acid groups (broad SMARTS) is 1. The van der Waals surface area contributed by atoms with Gasteiger partial charge in [0.1, 0.15) is 5.01 Å². The molecule has 0 spiro atoms. The van der Waals surface area contributed by atoms with Gasteiger partial charge in [-0.2, -0.15) is 0 Å². The van der Waals surface area contributed by atoms with E-state index in [2.05, 4.69) is 4.98 Å². The zero-order valence-electron chi connectivity index (χ0n) is 10.1. The molecule has 17 heavy (non-hydrogen) atoms. The van der Waals surface area contributed by atoms with Crippen LogP contribution in [0.4, 0.5) is 0 Å². The summed E-state index contributed by atoms with van der Waals surface area (Å²) in [5, 5.41) is 11.5. The number of nitrogens with zero attached hydrogens (tertiary/aromatic N) is 2. The van der Waals surface area contributed by atoms with E-state index in [1.807, 2.05) is 6.92 Å². The second-order valence-electron chi connectivity index (χ2n) is 3.78. The van der Waals surface area contributed by atoms with Gasteiger partial charge in [0.2, 0.25) is 5.91 Å². The Morgan fingerprint density at radius 2 is 2.24 bits per heavy atom. The SMILES string of the molecule is CCCN(C(C)=O)C(C(=O)O)c1nc(C)cs1. The van der Waals surface area contributed by atoms with E-state index < -0.39 is 12.0 Å². The minimum atomic E-state index is -1.04. The number of carbonyl (C=O) groups is 2. The second-order valence-corrected chi connectivity index (χ2v) is 4.67. The maximum absolute atomic E-state index is 11.5. The molecule has 1 aromatic heterocycles. The van der Waals surface area contributed by atoms with Crippen molar-refractivity contribution >= 4 is 23.2 Å². The number of aryl methyl sites for hydroxylation is 1. The maximum Gasteiger partial charge on any atom is 0.333 e. The van der Waals surface area contributed by atoms with Gasteiger partial charge >= 0.3 is 5.97 Å². The molecule has 1 heterocycles. The molecular weight excluding hydrogens is 240 g/mol. The summed E-state index contributed by atoms with van der Waals surface area (Å²) in [6.45, 7) is 5.51. The Morgan fingerprint density at radius 1 is 1.59 bits per heavy atom. The smallest absolute Gasteiger partial charge is 0.333 e. The lowest BCUT2D eigenvalue weighted by Crippen LogP contribution is -2.38. The maximum atomic E-state index is 11.5. The second kappa shape index (κ2) is 5.77. The lowest BCUT2D eigenvalue weighted by Gasteiger charge is -2.25. The molecule has 0 aliphatic carbocycles. The normalized spacial score (nSPS) is 12.2. The molecule has 94 valence electrons. The molecule has 0 bridgehead atoms. The van der Waals surface area contributed by atoms with Crippen LogP contribution >= 0.6 is 11.3 Å². The van der Waals surface area contributed by atoms with E-state index in [-0.39, 0.29) is 5.91 Å². The van der Waals surface area contributed by atoms with Crippen molar-refractivity contribution in [3.8, 4) is 0 Å². The van der Waals surface area contributed by atoms with Crippen molar-refractivity contribution in [3.63, 3.8) is 0 Å². The Morgan fingerprint density at radius 3 is 2.59 bits per heavy atom. The van der Waals surface area contributed by atoms with E-state index in [1.165, 1.54) is 23.2 Å². The average Bonchev–Trinajstić information content (AvgIpc) is 2.63. The first-order valence-electron chi connectivity index (χ1n) is 5.39. The molecule has 1 amide bonds. The van der Waals surface area contributed by atoms with Crippen molar-refractivity contribution in [2.45, 2.75) is 33.2 Å². The van der Waals surface area contributed by atoms with Crippen LogP contribution in [0.15, 0.2) is 5.38 Å². The summed E-state index contributed by atoms with van der Waals surface area (Å²) in [6, 6.07) is -0.967. The first kappa shape index (κ1) is 13.6. The number of carboxylic acids is 1. The van der Waals surface area contributed by atoms with Crippen molar-refractivity contribution in [2.75, 3.05) is 6.54 Å². The van der Waals surface area contributed by atoms with E-state index in [4.69, 9.17) is 0 Å². The van der Waals surface area contributed by atoms with E-state index in [0.717, 1.165) is 5.69 Å². The van der Waals surface area contributed by atoms with Gasteiger partial charge in [-0.3, -0.25) is 4.79 Å². The quantitative estimate of drug-likeness (QED) is 0.872. The third-order valence-electron chi connectivity index (χ3n) is 2.29. The van der Waals surface area contributed by atoms with Crippen LogP contribution < -0.4 is 0 Å². The van der Waals surface area contributed by atoms with Crippen molar-refractivity contribution in [2.24, 2.45) is 0 Å². The Hall–Kier alpha value is -1.43. The number of aliphatic carboxylic acids is 1. The molecule has 0 saturated carbocycles. The molecule has 0 radical (unpaired) electrons. The molecule has 0 saturated heterocycles. The Bertz CT molecular complexity index is 417. The van der Waals surface area contributed by atoms with Crippen molar-refractivity contribution in [1.29, 1.82) is 0 Å². The van der Waals surface area contributed by atoms with Crippen LogP contribution in [0.25, 0.3) is 0 Å². The Kier molecular flexibility index (Phi) is 4.62. The largest absolute Gasteiger partial charge is 0.479 e. The summed E-state index contributed by atoms with van der Waals surface area (Å²) in [4.78, 5) is 28.3. The van der Waals surface area contributed by atoms with Crippen LogP contribution in [-0.2, 0) is 9.59 Å². The van der Waals surface area contributed by atoms with Crippen molar-refractivity contribution in [3.05, 3.63) is 16.1 Å². The number of rotatable bonds is 5. The predicted molar refractivity (Wildman–Crippen MR) is 64.9 cm³/mol. The topological polar surface area (TPSA) is 70.5 Å². The standard InChI is InChI=1S/C11H16N2O3S/c1-4-5-13(8(3)14)9(11(15)16)10-12-7(2)6-17-10/h6,9H,4-5H2,1-3H3,(H,15,16). The lowest BCUT2D eigenvalue weighted by molar-refractivity contribution is -0.149. The molecule has 0 aromatic carbocycles. The van der Waals surface area contributed by atoms with Crippen molar-refractivity contribution < 1.29 is 14.7 Å². The summed E-state index contributed by atoms with van der Waals surface area (Å²) in [6.07, 6.45) is 0.716. The van der Waals surface area contributed by atoms with Crippen LogP contribution in [0.1, 0.15) is 37.0 Å². The molecule has 0 fully saturated rings. The first-order valence-corrected chi connectivity index (χ1v) is 6.27. The lowest BCUT2D eigenvalue weighted by atomic mass is 10.2. The van der Waals surface area contributed by atoms with E-state index in [1.54, 1.807) is 12.3 Å². The summed E-state index contributed by atoms with van der Waals surface area (Å²) in [5.41, 5.74) is 0.774. The van der Waals surface area contributed by atoms with Crippen LogP contribution in [0.3, 0.4) is 0 Å². The molecule has 5 nitrogen and oxygen atoms in total. The van der Waals surface area contributed by atoms with Gasteiger partial charge in [-0.25, -0.2) is 9.78 Å². The minimum absolute atomic E-state index is 0.243. The van der Waals surface area contributed by atoms with Gasteiger partial charge < -0.3 is 10.0 Å². The fourth-order valence-electron chi connectivity index (χ4n) is 1.58. The molecule has 1 unspecified atom stereocenters. The van der Waals surface area contributed by atoms with Gasteiger partial charge in [0.05, 0.1) is 0 Å². The fourth-order valence-corrected chi connectivity index (χ4v) is 2.48. The first-order chi connectivity index (χ1) is 7.97. The van der Waals surface area contributed by atoms with Gasteiger partial charge in [-0.15, -0.1) is 11.3 Å². The van der Waals surface area contributed by atoms with Crippen molar-refractivity contribution in [1.82, 2.24) is 9.88 Å². The molecule has 6 heteroatoms. The summed E-state index contributed by atoms with van der Waals surface area (Å²) < 4.78 is 0. The van der Waals surface area contributed by atoms with E-state index >= 15 is 0 Å². The third kappa shape index (κ3) is 3.26. The van der Waals surface area contributed by atoms with Crippen LogP contribution in [-0.4, -0.2) is 33.4 Å². The number of carbonyl (C=O) groups excluding carboxylic acids is 1. The zero-order chi connectivity index (χ0) is 13.0. The van der Waals surface area contributed by atoms with Gasteiger partial charge in [0.25, 0.3) is 0 Å². The highest BCUT2D eigenvalue weighted by atomic mass is 32.1. The van der Waals surface area contributed by atoms with E-state index in [0.29, 0.717) is 18.0 Å². The van der Waals surface area contributed by atoms with Gasteiger partial charge in [0, 0.05) is 24.5 Å². The number of amides is 1. The number of thiazole rings is 1. The van der Waals surface area contributed by atoms with Gasteiger partial charge in [-0.1, -0.05) is 6.92 Å². The molecule has 1 aromatic rings. The van der Waals surface area contributed by atoms with Crippen LogP contribution in [0.2, 0.25) is 0 Å². The zero-order valence-corrected chi connectivity index (χ0v) is 11.0. The van der Waals surface area contributed by atoms with Gasteiger partial charge in [0.15, 0.2) is 6.04 Å². The van der Waals surface area contributed by atoms with Crippen LogP contribution in [0, 0.1) is 6.92 Å². The number of hydrogen-bond acceptors (Lipinski definition) is 4. The number of hydrogen-bond donors (Lipinski definition) is 1. The average molecular weight is 256 g/mol. The Balaban J connectivity index is 3.06. The molecule has 1 rings (SSSR count). The third-order valence-corrected chi connectivity index (χ3v) is 3.30. The highest BCUT2D eigenvalue weighted by Gasteiger charge is 2.31. The highest BCUT2D eigenvalue weighted by molar-refractivity contribution is 7.09. The molecular formula is C11H16N2O3S.